The monoisotopic (exact) mass is 370 g/mol. The van der Waals surface area contributed by atoms with E-state index in [0.29, 0.717) is 12.2 Å². The summed E-state index contributed by atoms with van der Waals surface area (Å²) in [5, 5.41) is 0. The smallest absolute Gasteiger partial charge is 0.262 e. The molecule has 0 saturated heterocycles. The molecule has 6 heteroatoms. The van der Waals surface area contributed by atoms with Crippen LogP contribution in [-0.2, 0) is 21.2 Å². The summed E-state index contributed by atoms with van der Waals surface area (Å²) in [6.45, 7) is 4.41. The number of hydrogen-bond donors (Lipinski definition) is 1. The molecule has 1 N–H and O–H groups in total. The van der Waals surface area contributed by atoms with Crippen molar-refractivity contribution < 1.29 is 13.2 Å². The van der Waals surface area contributed by atoms with Gasteiger partial charge in [0.1, 0.15) is 0 Å². The van der Waals surface area contributed by atoms with Crippen LogP contribution in [0.1, 0.15) is 29.5 Å². The fraction of sp³-hybridized carbons (Fsp3) is 0.350. The third kappa shape index (κ3) is 3.09. The molecule has 1 fully saturated rings. The number of benzene rings is 2. The lowest BCUT2D eigenvalue weighted by molar-refractivity contribution is -0.119. The number of anilines is 2. The van der Waals surface area contributed by atoms with Crippen LogP contribution < -0.4 is 9.62 Å². The van der Waals surface area contributed by atoms with Gasteiger partial charge < -0.3 is 4.90 Å². The highest BCUT2D eigenvalue weighted by Crippen LogP contribution is 2.37. The molecule has 0 aromatic heterocycles. The number of carbonyl (C=O) groups excluding carboxylic acids is 1. The predicted octanol–water partition coefficient (Wildman–Crippen LogP) is 3.40. The molecule has 1 saturated carbocycles. The Kier molecular flexibility index (Phi) is 4.03. The average Bonchev–Trinajstić information content (AvgIpc) is 3.33. The number of hydrogen-bond acceptors (Lipinski definition) is 3. The summed E-state index contributed by atoms with van der Waals surface area (Å²) in [5.41, 5.74) is 4.21. The van der Waals surface area contributed by atoms with E-state index in [4.69, 9.17) is 0 Å². The Balaban J connectivity index is 1.59. The third-order valence-electron chi connectivity index (χ3n) is 5.04. The van der Waals surface area contributed by atoms with Crippen molar-refractivity contribution in [2.45, 2.75) is 38.0 Å². The van der Waals surface area contributed by atoms with Crippen molar-refractivity contribution >= 4 is 27.3 Å². The van der Waals surface area contributed by atoms with Crippen molar-refractivity contribution in [3.8, 4) is 0 Å². The van der Waals surface area contributed by atoms with Crippen molar-refractivity contribution in [2.75, 3.05) is 16.2 Å². The van der Waals surface area contributed by atoms with Gasteiger partial charge in [-0.2, -0.15) is 0 Å². The van der Waals surface area contributed by atoms with E-state index in [0.717, 1.165) is 41.6 Å². The van der Waals surface area contributed by atoms with Crippen LogP contribution >= 0.6 is 0 Å². The van der Waals surface area contributed by atoms with E-state index in [1.54, 1.807) is 25.1 Å². The maximum Gasteiger partial charge on any atom is 0.262 e. The highest BCUT2D eigenvalue weighted by molar-refractivity contribution is 7.92. The Bertz CT molecular complexity index is 994. The Morgan fingerprint density at radius 2 is 1.88 bits per heavy atom. The molecule has 0 spiro atoms. The van der Waals surface area contributed by atoms with E-state index in [-0.39, 0.29) is 16.7 Å². The number of rotatable bonds is 4. The third-order valence-corrected chi connectivity index (χ3v) is 6.58. The first kappa shape index (κ1) is 17.1. The van der Waals surface area contributed by atoms with Crippen molar-refractivity contribution in [1.29, 1.82) is 0 Å². The molecule has 2 aromatic rings. The number of nitrogens with one attached hydrogen (secondary N) is 1. The predicted molar refractivity (Wildman–Crippen MR) is 102 cm³/mol. The van der Waals surface area contributed by atoms with E-state index in [1.165, 1.54) is 0 Å². The van der Waals surface area contributed by atoms with Crippen molar-refractivity contribution in [2.24, 2.45) is 5.92 Å². The maximum atomic E-state index is 12.7. The average molecular weight is 370 g/mol. The van der Waals surface area contributed by atoms with Gasteiger partial charge in [-0.05, 0) is 68.5 Å². The number of carbonyl (C=O) groups is 1. The molecule has 0 atom stereocenters. The van der Waals surface area contributed by atoms with Gasteiger partial charge >= 0.3 is 0 Å². The van der Waals surface area contributed by atoms with Gasteiger partial charge in [-0.25, -0.2) is 8.42 Å². The van der Waals surface area contributed by atoms with Crippen molar-refractivity contribution in [3.63, 3.8) is 0 Å². The standard InChI is InChI=1S/C20H22N2O3S/c1-13-3-8-19(14(2)11-13)26(24,25)21-17-6-7-18-16(12-17)9-10-22(18)20(23)15-4-5-15/h3,6-8,11-12,15,21H,4-5,9-10H2,1-2H3. The normalized spacial score (nSPS) is 16.5. The summed E-state index contributed by atoms with van der Waals surface area (Å²) in [6.07, 6.45) is 2.73. The fourth-order valence-electron chi connectivity index (χ4n) is 3.56. The molecule has 2 aliphatic rings. The van der Waals surface area contributed by atoms with Crippen LogP contribution in [0.4, 0.5) is 11.4 Å². The number of fused-ring (bicyclic) bond motifs is 1. The lowest BCUT2D eigenvalue weighted by Gasteiger charge is -2.17. The molecule has 0 unspecified atom stereocenters. The van der Waals surface area contributed by atoms with Gasteiger partial charge in [0.15, 0.2) is 0 Å². The molecule has 2 aromatic carbocycles. The minimum atomic E-state index is -3.64. The molecule has 26 heavy (non-hydrogen) atoms. The first-order chi connectivity index (χ1) is 12.3. The van der Waals surface area contributed by atoms with Crippen molar-refractivity contribution in [1.82, 2.24) is 0 Å². The highest BCUT2D eigenvalue weighted by atomic mass is 32.2. The number of aryl methyl sites for hydroxylation is 2. The molecule has 1 aliphatic heterocycles. The largest absolute Gasteiger partial charge is 0.312 e. The highest BCUT2D eigenvalue weighted by Gasteiger charge is 2.36. The Hall–Kier alpha value is -2.34. The molecule has 136 valence electrons. The van der Waals surface area contributed by atoms with Gasteiger partial charge in [-0.15, -0.1) is 0 Å². The van der Waals surface area contributed by atoms with E-state index in [1.807, 2.05) is 30.0 Å². The first-order valence-corrected chi connectivity index (χ1v) is 10.4. The lowest BCUT2D eigenvalue weighted by atomic mass is 10.1. The van der Waals surface area contributed by atoms with Crippen LogP contribution in [0.5, 0.6) is 0 Å². The summed E-state index contributed by atoms with van der Waals surface area (Å²) in [7, 11) is -3.64. The van der Waals surface area contributed by atoms with Gasteiger partial charge in [-0.3, -0.25) is 9.52 Å². The fourth-order valence-corrected chi connectivity index (χ4v) is 4.83. The zero-order valence-corrected chi connectivity index (χ0v) is 15.8. The zero-order valence-electron chi connectivity index (χ0n) is 15.0. The minimum Gasteiger partial charge on any atom is -0.312 e. The van der Waals surface area contributed by atoms with E-state index >= 15 is 0 Å². The van der Waals surface area contributed by atoms with Gasteiger partial charge in [-0.1, -0.05) is 17.7 Å². The van der Waals surface area contributed by atoms with Gasteiger partial charge in [0.25, 0.3) is 10.0 Å². The summed E-state index contributed by atoms with van der Waals surface area (Å²) in [6, 6.07) is 10.7. The molecule has 4 rings (SSSR count). The van der Waals surface area contributed by atoms with Crippen LogP contribution in [0.15, 0.2) is 41.3 Å². The van der Waals surface area contributed by atoms with Crippen molar-refractivity contribution in [3.05, 3.63) is 53.1 Å². The summed E-state index contributed by atoms with van der Waals surface area (Å²) >= 11 is 0. The van der Waals surface area contributed by atoms with Gasteiger partial charge in [0, 0.05) is 23.8 Å². The molecule has 5 nitrogen and oxygen atoms in total. The molecular formula is C20H22N2O3S. The molecule has 1 amide bonds. The summed E-state index contributed by atoms with van der Waals surface area (Å²) in [4.78, 5) is 14.5. The first-order valence-electron chi connectivity index (χ1n) is 8.89. The number of sulfonamides is 1. The zero-order chi connectivity index (χ0) is 18.5. The quantitative estimate of drug-likeness (QED) is 0.897. The summed E-state index contributed by atoms with van der Waals surface area (Å²) in [5.74, 6) is 0.385. The number of nitrogens with zero attached hydrogens (tertiary/aromatic N) is 1. The molecule has 1 heterocycles. The second-order valence-corrected chi connectivity index (χ2v) is 8.88. The molecule has 0 bridgehead atoms. The number of amides is 1. The SMILES string of the molecule is Cc1ccc(S(=O)(=O)Nc2ccc3c(c2)CCN3C(=O)C2CC2)c(C)c1. The Morgan fingerprint density at radius 1 is 1.12 bits per heavy atom. The van der Waals surface area contributed by atoms with Gasteiger partial charge in [0.2, 0.25) is 5.91 Å². The molecular weight excluding hydrogens is 348 g/mol. The van der Waals surface area contributed by atoms with Crippen LogP contribution in [-0.4, -0.2) is 20.9 Å². The summed E-state index contributed by atoms with van der Waals surface area (Å²) < 4.78 is 28.1. The molecule has 1 aliphatic carbocycles. The topological polar surface area (TPSA) is 66.5 Å². The van der Waals surface area contributed by atoms with E-state index < -0.39 is 10.0 Å². The van der Waals surface area contributed by atoms with E-state index in [2.05, 4.69) is 4.72 Å². The Morgan fingerprint density at radius 3 is 2.58 bits per heavy atom. The van der Waals surface area contributed by atoms with Crippen LogP contribution in [0.25, 0.3) is 0 Å². The van der Waals surface area contributed by atoms with Crippen LogP contribution in [0.3, 0.4) is 0 Å². The lowest BCUT2D eigenvalue weighted by Crippen LogP contribution is -2.30. The van der Waals surface area contributed by atoms with Crippen LogP contribution in [0, 0.1) is 19.8 Å². The minimum absolute atomic E-state index is 0.184. The van der Waals surface area contributed by atoms with Gasteiger partial charge in [0.05, 0.1) is 4.90 Å². The van der Waals surface area contributed by atoms with Crippen LogP contribution in [0.2, 0.25) is 0 Å². The maximum absolute atomic E-state index is 12.7. The Labute approximate surface area is 154 Å². The van der Waals surface area contributed by atoms with E-state index in [9.17, 15) is 13.2 Å². The molecule has 0 radical (unpaired) electrons. The second kappa shape index (κ2) is 6.13. The second-order valence-electron chi connectivity index (χ2n) is 7.23.